The van der Waals surface area contributed by atoms with Crippen LogP contribution in [0.25, 0.3) is 0 Å². The Morgan fingerprint density at radius 1 is 0.750 bits per heavy atom. The molecule has 0 rings (SSSR count). The molecule has 0 saturated heterocycles. The first kappa shape index (κ1) is 35.2. The molecule has 24 heavy (non-hydrogen) atoms. The molecule has 0 atom stereocenters. The number of esters is 2. The molecule has 0 spiro atoms. The van der Waals surface area contributed by atoms with Crippen molar-refractivity contribution in [1.29, 1.82) is 0 Å². The van der Waals surface area contributed by atoms with E-state index in [2.05, 4.69) is 33.1 Å². The van der Waals surface area contributed by atoms with E-state index in [1.165, 1.54) is 0 Å². The van der Waals surface area contributed by atoms with E-state index in [9.17, 15) is 9.59 Å². The molecular weight excluding hydrogens is 406 g/mol. The molecule has 0 heterocycles. The van der Waals surface area contributed by atoms with Crippen LogP contribution in [-0.4, -0.2) is 54.5 Å². The van der Waals surface area contributed by atoms with Crippen LogP contribution in [0.2, 0.25) is 0 Å². The fourth-order valence-electron chi connectivity index (χ4n) is 0.670. The lowest BCUT2D eigenvalue weighted by Crippen LogP contribution is -2.09. The minimum Gasteiger partial charge on any atom is -0.466 e. The van der Waals surface area contributed by atoms with Crippen LogP contribution in [-0.2, 0) is 42.7 Å². The molecule has 0 aliphatic heterocycles. The molecule has 0 aromatic rings. The average Bonchev–Trinajstić information content (AvgIpc) is 2.22. The first-order valence-electron chi connectivity index (χ1n) is 5.58. The van der Waals surface area contributed by atoms with E-state index in [0.29, 0.717) is 13.2 Å². The van der Waals surface area contributed by atoms with Crippen LogP contribution in [0.4, 0.5) is 0 Å². The van der Waals surface area contributed by atoms with Crippen molar-refractivity contribution in [3.8, 4) is 0 Å². The molecule has 0 aliphatic carbocycles. The summed E-state index contributed by atoms with van der Waals surface area (Å²) in [5.41, 5.74) is 0. The third kappa shape index (κ3) is 80.2. The van der Waals surface area contributed by atoms with Gasteiger partial charge in [0.2, 0.25) is 0 Å². The van der Waals surface area contributed by atoms with Gasteiger partial charge in [-0.25, -0.2) is 0 Å². The Labute approximate surface area is 152 Å². The summed E-state index contributed by atoms with van der Waals surface area (Å²) < 4.78 is 9.25. The lowest BCUT2D eigenvalue weighted by molar-refractivity contribution is -0.149. The molecule has 0 unspecified atom stereocenters. The summed E-state index contributed by atoms with van der Waals surface area (Å²) >= 11 is 7.21. The summed E-state index contributed by atoms with van der Waals surface area (Å²) in [4.78, 5) is 66.8. The van der Waals surface area contributed by atoms with Gasteiger partial charge >= 0.3 is 25.4 Å². The molecular formula is C10H28O10P2S2. The van der Waals surface area contributed by atoms with Crippen LogP contribution >= 0.6 is 13.4 Å². The van der Waals surface area contributed by atoms with Gasteiger partial charge in [-0.05, 0) is 37.5 Å². The summed E-state index contributed by atoms with van der Waals surface area (Å²) in [5.74, 6) is -0.712. The molecule has 150 valence electrons. The maximum Gasteiger partial charge on any atom is 0.319 e. The van der Waals surface area contributed by atoms with Gasteiger partial charge in [0, 0.05) is 0 Å². The topological polar surface area (TPSA) is 174 Å². The lowest BCUT2D eigenvalue weighted by atomic mass is 10.3. The molecule has 0 saturated carbocycles. The molecule has 10 nitrogen and oxygen atoms in total. The van der Waals surface area contributed by atoms with Crippen molar-refractivity contribution in [1.82, 2.24) is 0 Å². The van der Waals surface area contributed by atoms with Crippen molar-refractivity contribution in [3.63, 3.8) is 0 Å². The minimum absolute atomic E-state index is 0. The van der Waals surface area contributed by atoms with Crippen LogP contribution in [0, 0.1) is 0 Å². The summed E-state index contributed by atoms with van der Waals surface area (Å²) in [6.07, 6.45) is 0.208. The van der Waals surface area contributed by atoms with Crippen molar-refractivity contribution in [3.05, 3.63) is 0 Å². The highest BCUT2D eigenvalue weighted by Crippen LogP contribution is 2.26. The van der Waals surface area contributed by atoms with Crippen LogP contribution < -0.4 is 0 Å². The normalized spacial score (nSPS) is 9.50. The van der Waals surface area contributed by atoms with Crippen LogP contribution in [0.5, 0.6) is 0 Å². The monoisotopic (exact) mass is 434 g/mol. The molecule has 0 bridgehead atoms. The van der Waals surface area contributed by atoms with Gasteiger partial charge in [-0.1, -0.05) is 14.9 Å². The highest BCUT2D eigenvalue weighted by Gasteiger charge is 2.07. The van der Waals surface area contributed by atoms with E-state index in [0.717, 1.165) is 0 Å². The Hall–Kier alpha value is -0.000000000000000305. The standard InChI is InChI=1S/C8H14O4.2CH4.2H3O3PS/c1-3-11-7(9)5-6-8(10)12-4-2;;;2*1-4(2,3)5/h3-6H2,1-2H3;2*1H4;2*(H3,1,2,3,5). The maximum atomic E-state index is 10.7. The lowest BCUT2D eigenvalue weighted by Gasteiger charge is -2.01. The van der Waals surface area contributed by atoms with Gasteiger partial charge in [-0.15, -0.1) is 0 Å². The highest BCUT2D eigenvalue weighted by atomic mass is 32.5. The Bertz CT molecular complexity index is 352. The smallest absolute Gasteiger partial charge is 0.319 e. The van der Waals surface area contributed by atoms with E-state index < -0.39 is 13.4 Å². The third-order valence-corrected chi connectivity index (χ3v) is 1.14. The van der Waals surface area contributed by atoms with Crippen molar-refractivity contribution in [2.75, 3.05) is 13.2 Å². The van der Waals surface area contributed by atoms with Gasteiger partial charge in [-0.3, -0.25) is 9.59 Å². The van der Waals surface area contributed by atoms with E-state index in [4.69, 9.17) is 29.4 Å². The number of rotatable bonds is 5. The van der Waals surface area contributed by atoms with Crippen LogP contribution in [0.3, 0.4) is 0 Å². The second kappa shape index (κ2) is 19.3. The molecule has 0 aliphatic rings. The van der Waals surface area contributed by atoms with Gasteiger partial charge in [-0.2, -0.15) is 0 Å². The number of hydrogen-bond donors (Lipinski definition) is 6. The Morgan fingerprint density at radius 3 is 1.04 bits per heavy atom. The second-order valence-corrected chi connectivity index (χ2v) is 8.13. The number of ether oxygens (including phenoxy) is 2. The fourth-order valence-corrected chi connectivity index (χ4v) is 0.670. The third-order valence-electron chi connectivity index (χ3n) is 1.14. The predicted molar refractivity (Wildman–Crippen MR) is 97.8 cm³/mol. The van der Waals surface area contributed by atoms with Gasteiger partial charge in [0.05, 0.1) is 26.1 Å². The second-order valence-electron chi connectivity index (χ2n) is 3.14. The summed E-state index contributed by atoms with van der Waals surface area (Å²) in [6, 6.07) is 0. The summed E-state index contributed by atoms with van der Waals surface area (Å²) in [5, 5.41) is 0. The SMILES string of the molecule is C.C.CCOC(=O)CCC(=O)OCC.OP(O)(O)=S.OP(O)(O)=S. The minimum atomic E-state index is -3.81. The Kier molecular flexibility index (Phi) is 28.3. The number of carbonyl (C=O) groups excluding carboxylic acids is 2. The van der Waals surface area contributed by atoms with Crippen molar-refractivity contribution in [2.45, 2.75) is 41.5 Å². The van der Waals surface area contributed by atoms with Gasteiger partial charge in [0.15, 0.2) is 0 Å². The van der Waals surface area contributed by atoms with E-state index in [1.54, 1.807) is 13.8 Å². The van der Waals surface area contributed by atoms with Crippen LogP contribution in [0.15, 0.2) is 0 Å². The highest BCUT2D eigenvalue weighted by molar-refractivity contribution is 8.06. The van der Waals surface area contributed by atoms with E-state index in [1.807, 2.05) is 0 Å². The zero-order valence-corrected chi connectivity index (χ0v) is 15.3. The number of hydrogen-bond acceptors (Lipinski definition) is 6. The van der Waals surface area contributed by atoms with Gasteiger partial charge in [0.25, 0.3) is 0 Å². The molecule has 0 radical (unpaired) electrons. The summed E-state index contributed by atoms with van der Waals surface area (Å²) in [6.45, 7) is -3.46. The number of carbonyl (C=O) groups is 2. The maximum absolute atomic E-state index is 10.7. The van der Waals surface area contributed by atoms with Crippen LogP contribution in [0.1, 0.15) is 41.5 Å². The van der Waals surface area contributed by atoms with Crippen molar-refractivity contribution in [2.24, 2.45) is 0 Å². The first-order valence-corrected chi connectivity index (χ1v) is 10.9. The average molecular weight is 434 g/mol. The predicted octanol–water partition coefficient (Wildman–Crippen LogP) is 0.541. The van der Waals surface area contributed by atoms with E-state index in [-0.39, 0.29) is 39.6 Å². The van der Waals surface area contributed by atoms with Gasteiger partial charge < -0.3 is 38.8 Å². The Balaban J connectivity index is -0.0000000847. The largest absolute Gasteiger partial charge is 0.466 e. The summed E-state index contributed by atoms with van der Waals surface area (Å²) in [7, 11) is 0. The van der Waals surface area contributed by atoms with Crippen molar-refractivity contribution >= 4 is 49.0 Å². The van der Waals surface area contributed by atoms with Crippen molar-refractivity contribution < 1.29 is 48.4 Å². The molecule has 14 heteroatoms. The zero-order valence-electron chi connectivity index (χ0n) is 11.9. The van der Waals surface area contributed by atoms with E-state index >= 15 is 0 Å². The molecule has 0 amide bonds. The molecule has 0 fully saturated rings. The quantitative estimate of drug-likeness (QED) is 0.262. The van der Waals surface area contributed by atoms with Gasteiger partial charge in [0.1, 0.15) is 0 Å². The molecule has 0 aromatic carbocycles. The zero-order chi connectivity index (χ0) is 18.4. The first-order chi connectivity index (χ1) is 9.70. The Morgan fingerprint density at radius 2 is 0.917 bits per heavy atom. The molecule has 6 N–H and O–H groups in total. The molecule has 0 aromatic heterocycles. The fraction of sp³-hybridized carbons (Fsp3) is 0.800.